The van der Waals surface area contributed by atoms with E-state index in [1.807, 2.05) is 44.2 Å². The molecule has 150 valence electrons. The first-order valence-electron chi connectivity index (χ1n) is 9.23. The molecule has 1 aromatic carbocycles. The van der Waals surface area contributed by atoms with Gasteiger partial charge in [0.2, 0.25) is 5.91 Å². The summed E-state index contributed by atoms with van der Waals surface area (Å²) >= 11 is 1.35. The molecule has 7 nitrogen and oxygen atoms in total. The Morgan fingerprint density at radius 3 is 2.43 bits per heavy atom. The molecule has 0 aliphatic rings. The monoisotopic (exact) mass is 403 g/mol. The summed E-state index contributed by atoms with van der Waals surface area (Å²) in [6, 6.07) is 9.75. The fourth-order valence-corrected chi connectivity index (χ4v) is 3.53. The lowest BCUT2D eigenvalue weighted by Gasteiger charge is -2.20. The van der Waals surface area contributed by atoms with E-state index in [4.69, 9.17) is 4.74 Å². The molecule has 2 aromatic rings. The molecule has 1 heterocycles. The zero-order valence-electron chi connectivity index (χ0n) is 16.4. The Balaban J connectivity index is 2.36. The third kappa shape index (κ3) is 5.45. The number of esters is 1. The van der Waals surface area contributed by atoms with Crippen LogP contribution in [0.25, 0.3) is 0 Å². The van der Waals surface area contributed by atoms with E-state index in [1.54, 1.807) is 11.8 Å². The van der Waals surface area contributed by atoms with Crippen molar-refractivity contribution in [3.63, 3.8) is 0 Å². The number of amides is 1. The summed E-state index contributed by atoms with van der Waals surface area (Å²) in [6.45, 7) is 6.49. The van der Waals surface area contributed by atoms with Gasteiger partial charge in [-0.15, -0.1) is 0 Å². The first-order chi connectivity index (χ1) is 13.5. The first-order valence-corrected chi connectivity index (χ1v) is 10.2. The average Bonchev–Trinajstić information content (AvgIpc) is 2.70. The molecule has 0 N–H and O–H groups in total. The Bertz CT molecular complexity index is 863. The maximum Gasteiger partial charge on any atom is 0.345 e. The van der Waals surface area contributed by atoms with Gasteiger partial charge in [0.25, 0.3) is 5.56 Å². The van der Waals surface area contributed by atoms with E-state index < -0.39 is 11.5 Å². The van der Waals surface area contributed by atoms with E-state index in [9.17, 15) is 14.4 Å². The number of carbonyl (C=O) groups is 2. The molecule has 0 bridgehead atoms. The highest BCUT2D eigenvalue weighted by Crippen LogP contribution is 2.20. The Morgan fingerprint density at radius 2 is 1.82 bits per heavy atom. The molecule has 8 heteroatoms. The second-order valence-electron chi connectivity index (χ2n) is 5.91. The Hall–Kier alpha value is -2.61. The zero-order valence-corrected chi connectivity index (χ0v) is 17.2. The highest BCUT2D eigenvalue weighted by atomic mass is 32.2. The molecule has 0 fully saturated rings. The van der Waals surface area contributed by atoms with Crippen LogP contribution in [0, 0.1) is 0 Å². The molecule has 0 saturated heterocycles. The number of benzene rings is 1. The van der Waals surface area contributed by atoms with Gasteiger partial charge in [-0.1, -0.05) is 42.1 Å². The van der Waals surface area contributed by atoms with Gasteiger partial charge in [0.15, 0.2) is 5.16 Å². The summed E-state index contributed by atoms with van der Waals surface area (Å²) in [5.74, 6) is -0.342. The third-order valence-corrected chi connectivity index (χ3v) is 5.19. The highest BCUT2D eigenvalue weighted by molar-refractivity contribution is 7.98. The standard InChI is InChI=1S/C20H25N3O4S/c1-4-22(5-2)17(24)13-23-18(25)16(19(26)27-6-3)12-21-20(23)28-14-15-10-8-7-9-11-15/h7-12H,4-6,13-14H2,1-3H3. The van der Waals surface area contributed by atoms with Crippen molar-refractivity contribution in [2.24, 2.45) is 0 Å². The van der Waals surface area contributed by atoms with Crippen molar-refractivity contribution < 1.29 is 14.3 Å². The van der Waals surface area contributed by atoms with Crippen LogP contribution in [0.4, 0.5) is 0 Å². The predicted octanol–water partition coefficient (Wildman–Crippen LogP) is 2.58. The van der Waals surface area contributed by atoms with Gasteiger partial charge in [0, 0.05) is 18.8 Å². The topological polar surface area (TPSA) is 81.5 Å². The average molecular weight is 404 g/mol. The quantitative estimate of drug-likeness (QED) is 0.364. The summed E-state index contributed by atoms with van der Waals surface area (Å²) in [6.07, 6.45) is 1.23. The van der Waals surface area contributed by atoms with Gasteiger partial charge in [-0.3, -0.25) is 14.2 Å². The number of thioether (sulfide) groups is 1. The Kier molecular flexibility index (Phi) is 8.25. The summed E-state index contributed by atoms with van der Waals surface area (Å²) < 4.78 is 6.20. The van der Waals surface area contributed by atoms with Gasteiger partial charge in [-0.2, -0.15) is 0 Å². The van der Waals surface area contributed by atoms with Gasteiger partial charge in [0.1, 0.15) is 12.1 Å². The van der Waals surface area contributed by atoms with Crippen LogP contribution in [0.2, 0.25) is 0 Å². The molecule has 1 amide bonds. The molecule has 0 spiro atoms. The van der Waals surface area contributed by atoms with Crippen molar-refractivity contribution in [3.05, 3.63) is 58.0 Å². The lowest BCUT2D eigenvalue weighted by molar-refractivity contribution is -0.131. The van der Waals surface area contributed by atoms with E-state index in [0.717, 1.165) is 5.56 Å². The van der Waals surface area contributed by atoms with Crippen molar-refractivity contribution in [2.75, 3.05) is 19.7 Å². The van der Waals surface area contributed by atoms with Crippen molar-refractivity contribution in [1.82, 2.24) is 14.5 Å². The normalized spacial score (nSPS) is 10.5. The fraction of sp³-hybridized carbons (Fsp3) is 0.400. The largest absolute Gasteiger partial charge is 0.462 e. The summed E-state index contributed by atoms with van der Waals surface area (Å²) in [5, 5.41) is 0.391. The maximum absolute atomic E-state index is 12.9. The zero-order chi connectivity index (χ0) is 20.5. The van der Waals surface area contributed by atoms with E-state index >= 15 is 0 Å². The molecular weight excluding hydrogens is 378 g/mol. The maximum atomic E-state index is 12.9. The molecule has 0 aliphatic carbocycles. The minimum absolute atomic E-state index is 0.154. The minimum Gasteiger partial charge on any atom is -0.462 e. The summed E-state index contributed by atoms with van der Waals surface area (Å²) in [5.41, 5.74) is 0.334. The Labute approximate surface area is 168 Å². The van der Waals surface area contributed by atoms with Crippen molar-refractivity contribution >= 4 is 23.6 Å². The summed E-state index contributed by atoms with van der Waals surface area (Å²) in [7, 11) is 0. The molecule has 28 heavy (non-hydrogen) atoms. The number of carbonyl (C=O) groups excluding carboxylic acids is 2. The van der Waals surface area contributed by atoms with Gasteiger partial charge < -0.3 is 9.64 Å². The lowest BCUT2D eigenvalue weighted by atomic mass is 10.2. The molecule has 0 radical (unpaired) electrons. The van der Waals surface area contributed by atoms with Crippen LogP contribution in [0.1, 0.15) is 36.7 Å². The first kappa shape index (κ1) is 21.7. The van der Waals surface area contributed by atoms with Crippen LogP contribution < -0.4 is 5.56 Å². The fourth-order valence-electron chi connectivity index (χ4n) is 2.61. The van der Waals surface area contributed by atoms with Crippen LogP contribution in [0.3, 0.4) is 0 Å². The van der Waals surface area contributed by atoms with Gasteiger partial charge in [-0.05, 0) is 26.3 Å². The second-order valence-corrected chi connectivity index (χ2v) is 6.85. The number of nitrogens with zero attached hydrogens (tertiary/aromatic N) is 3. The van der Waals surface area contributed by atoms with Crippen LogP contribution in [-0.2, 0) is 21.8 Å². The van der Waals surface area contributed by atoms with Crippen LogP contribution >= 0.6 is 11.8 Å². The summed E-state index contributed by atoms with van der Waals surface area (Å²) in [4.78, 5) is 43.4. The number of aromatic nitrogens is 2. The van der Waals surface area contributed by atoms with Crippen LogP contribution in [-0.4, -0.2) is 46.0 Å². The van der Waals surface area contributed by atoms with Crippen molar-refractivity contribution in [1.29, 1.82) is 0 Å². The van der Waals surface area contributed by atoms with Crippen molar-refractivity contribution in [2.45, 2.75) is 38.2 Å². The number of ether oxygens (including phenoxy) is 1. The molecule has 0 saturated carbocycles. The molecular formula is C20H25N3O4S. The molecule has 0 unspecified atom stereocenters. The van der Waals surface area contributed by atoms with Gasteiger partial charge in [-0.25, -0.2) is 9.78 Å². The minimum atomic E-state index is -0.733. The predicted molar refractivity (Wildman–Crippen MR) is 108 cm³/mol. The molecule has 0 aliphatic heterocycles. The molecule has 2 rings (SSSR count). The number of hydrogen-bond donors (Lipinski definition) is 0. The van der Waals surface area contributed by atoms with E-state index in [2.05, 4.69) is 4.98 Å². The SMILES string of the molecule is CCOC(=O)c1cnc(SCc2ccccc2)n(CC(=O)N(CC)CC)c1=O. The van der Waals surface area contributed by atoms with Crippen LogP contribution in [0.5, 0.6) is 0 Å². The van der Waals surface area contributed by atoms with E-state index in [0.29, 0.717) is 24.0 Å². The van der Waals surface area contributed by atoms with E-state index in [1.165, 1.54) is 22.5 Å². The van der Waals surface area contributed by atoms with Gasteiger partial charge >= 0.3 is 5.97 Å². The number of hydrogen-bond acceptors (Lipinski definition) is 6. The number of likely N-dealkylation sites (N-methyl/N-ethyl adjacent to an activating group) is 1. The molecule has 1 aromatic heterocycles. The van der Waals surface area contributed by atoms with Gasteiger partial charge in [0.05, 0.1) is 12.8 Å². The Morgan fingerprint density at radius 1 is 1.14 bits per heavy atom. The third-order valence-electron chi connectivity index (χ3n) is 4.13. The molecule has 0 atom stereocenters. The second kappa shape index (κ2) is 10.7. The lowest BCUT2D eigenvalue weighted by Crippen LogP contribution is -2.38. The van der Waals surface area contributed by atoms with E-state index in [-0.39, 0.29) is 24.6 Å². The number of rotatable bonds is 9. The van der Waals surface area contributed by atoms with Crippen molar-refractivity contribution in [3.8, 4) is 0 Å². The smallest absolute Gasteiger partial charge is 0.345 e. The highest BCUT2D eigenvalue weighted by Gasteiger charge is 2.20. The van der Waals surface area contributed by atoms with Crippen LogP contribution in [0.15, 0.2) is 46.5 Å².